The van der Waals surface area contributed by atoms with E-state index in [4.69, 9.17) is 0 Å². The van der Waals surface area contributed by atoms with E-state index in [1.807, 2.05) is 71.9 Å². The molecule has 9 nitrogen and oxygen atoms in total. The van der Waals surface area contributed by atoms with Crippen LogP contribution in [0, 0.1) is 0 Å². The van der Waals surface area contributed by atoms with Gasteiger partial charge in [0.1, 0.15) is 10.0 Å². The second-order valence-electron chi connectivity index (χ2n) is 7.88. The molecule has 0 spiro atoms. The number of nitrogens with zero attached hydrogens (tertiary/aromatic N) is 7. The van der Waals surface area contributed by atoms with Crippen LogP contribution >= 0.6 is 23.3 Å². The van der Waals surface area contributed by atoms with E-state index in [0.29, 0.717) is 15.1 Å². The van der Waals surface area contributed by atoms with Gasteiger partial charge in [-0.3, -0.25) is 9.67 Å². The van der Waals surface area contributed by atoms with E-state index < -0.39 is 0 Å². The molecule has 0 bridgehead atoms. The van der Waals surface area contributed by atoms with Crippen molar-refractivity contribution in [2.45, 2.75) is 30.8 Å². The third-order valence-corrected chi connectivity index (χ3v) is 7.10. The fraction of sp³-hybridized carbons (Fsp3) is 0.318. The van der Waals surface area contributed by atoms with E-state index in [2.05, 4.69) is 35.9 Å². The molecule has 0 saturated heterocycles. The Hall–Kier alpha value is -3.09. The van der Waals surface area contributed by atoms with Crippen molar-refractivity contribution in [2.24, 2.45) is 7.05 Å². The van der Waals surface area contributed by atoms with Crippen molar-refractivity contribution >= 4 is 45.0 Å². The first-order valence-electron chi connectivity index (χ1n) is 10.7. The summed E-state index contributed by atoms with van der Waals surface area (Å²) in [5.41, 5.74) is 4.29. The van der Waals surface area contributed by atoms with Crippen LogP contribution in [0.15, 0.2) is 48.0 Å². The van der Waals surface area contributed by atoms with Crippen LogP contribution in [0.2, 0.25) is 0 Å². The summed E-state index contributed by atoms with van der Waals surface area (Å²) in [7, 11) is 5.64. The maximum atomic E-state index is 14.8. The van der Waals surface area contributed by atoms with Crippen molar-refractivity contribution in [2.75, 3.05) is 18.6 Å². The number of aryl methyl sites for hydroxylation is 1. The molecular weight excluding hydrogens is 473 g/mol. The van der Waals surface area contributed by atoms with Crippen molar-refractivity contribution in [1.82, 2.24) is 40.6 Å². The third kappa shape index (κ3) is 5.18. The van der Waals surface area contributed by atoms with Crippen LogP contribution in [-0.4, -0.2) is 44.0 Å². The van der Waals surface area contributed by atoms with E-state index >= 15 is 0 Å². The molecule has 0 radical (unpaired) electrons. The van der Waals surface area contributed by atoms with Gasteiger partial charge in [0, 0.05) is 61.7 Å². The van der Waals surface area contributed by atoms with Crippen LogP contribution in [0.4, 0.5) is 9.61 Å². The van der Waals surface area contributed by atoms with Crippen molar-refractivity contribution < 1.29 is 4.48 Å². The van der Waals surface area contributed by atoms with Crippen LogP contribution in [0.5, 0.6) is 0 Å². The van der Waals surface area contributed by atoms with Crippen LogP contribution in [0.25, 0.3) is 16.6 Å². The van der Waals surface area contributed by atoms with Gasteiger partial charge in [0.25, 0.3) is 0 Å². The largest absolute Gasteiger partial charge is 0.394 e. The molecule has 178 valence electrons. The monoisotopic (exact) mass is 499 g/mol. The molecule has 0 aliphatic heterocycles. The number of nitrogens with one attached hydrogen (secondary N) is 2. The summed E-state index contributed by atoms with van der Waals surface area (Å²) in [4.78, 5) is 9.22. The minimum absolute atomic E-state index is 0.105. The molecule has 4 aromatic heterocycles. The number of fused-ring (bicyclic) bond motifs is 1. The van der Waals surface area contributed by atoms with E-state index in [-0.39, 0.29) is 17.1 Å². The molecular formula is C22H26FN9S2. The van der Waals surface area contributed by atoms with Crippen molar-refractivity contribution in [3.05, 3.63) is 59.1 Å². The fourth-order valence-corrected chi connectivity index (χ4v) is 4.86. The molecule has 12 heteroatoms. The summed E-state index contributed by atoms with van der Waals surface area (Å²) < 4.78 is 17.0. The SMILES string of the molecule is CN/C=C(/c1cnc2ccc(SN(F)c3nnc(C(C)C)s3)nc2c1)C(NC)c1cnn(C)c1. The molecule has 0 fully saturated rings. The molecule has 4 rings (SSSR count). The second-order valence-corrected chi connectivity index (χ2v) is 9.79. The smallest absolute Gasteiger partial charge is 0.248 e. The average Bonchev–Trinajstić information content (AvgIpc) is 3.48. The van der Waals surface area contributed by atoms with Gasteiger partial charge in [-0.15, -0.1) is 14.7 Å². The molecule has 0 aromatic carbocycles. The van der Waals surface area contributed by atoms with Crippen molar-refractivity contribution in [3.8, 4) is 0 Å². The van der Waals surface area contributed by atoms with E-state index in [1.54, 1.807) is 10.7 Å². The van der Waals surface area contributed by atoms with Gasteiger partial charge in [0.05, 0.1) is 23.3 Å². The fourth-order valence-electron chi connectivity index (χ4n) is 3.43. The lowest BCUT2D eigenvalue weighted by Crippen LogP contribution is -2.19. The highest BCUT2D eigenvalue weighted by atomic mass is 32.2. The van der Waals surface area contributed by atoms with Crippen LogP contribution < -0.4 is 15.2 Å². The minimum Gasteiger partial charge on any atom is -0.394 e. The number of hydrogen-bond acceptors (Lipinski definition) is 10. The molecule has 1 unspecified atom stereocenters. The van der Waals surface area contributed by atoms with Crippen molar-refractivity contribution in [1.29, 1.82) is 0 Å². The topological polar surface area (TPSA) is 96.7 Å². The standard InChI is InChI=1S/C22H26FN9S2/c1-13(2)21-29-30-22(33-21)32(23)34-19-7-6-17-18(28-19)8-14(9-26-17)16(11-24-3)20(25-4)15-10-27-31(5)12-15/h6-13,20,24-25H,1-5H3/b16-11-. The van der Waals surface area contributed by atoms with Gasteiger partial charge in [-0.1, -0.05) is 29.7 Å². The lowest BCUT2D eigenvalue weighted by Gasteiger charge is -2.19. The van der Waals surface area contributed by atoms with Gasteiger partial charge in [0.15, 0.2) is 0 Å². The zero-order valence-corrected chi connectivity index (χ0v) is 21.2. The lowest BCUT2D eigenvalue weighted by molar-refractivity contribution is 0.543. The molecule has 4 aromatic rings. The molecule has 34 heavy (non-hydrogen) atoms. The summed E-state index contributed by atoms with van der Waals surface area (Å²) in [5.74, 6) is 0.195. The Morgan fingerprint density at radius 2 is 2.03 bits per heavy atom. The van der Waals surface area contributed by atoms with Gasteiger partial charge in [0.2, 0.25) is 5.13 Å². The lowest BCUT2D eigenvalue weighted by atomic mass is 9.96. The number of anilines is 1. The summed E-state index contributed by atoms with van der Waals surface area (Å²) in [6.07, 6.45) is 7.55. The predicted molar refractivity (Wildman–Crippen MR) is 135 cm³/mol. The van der Waals surface area contributed by atoms with E-state index in [9.17, 15) is 4.48 Å². The first-order chi connectivity index (χ1) is 16.4. The Morgan fingerprint density at radius 3 is 2.68 bits per heavy atom. The first-order valence-corrected chi connectivity index (χ1v) is 12.3. The number of aromatic nitrogens is 6. The zero-order chi connectivity index (χ0) is 24.2. The van der Waals surface area contributed by atoms with Crippen molar-refractivity contribution in [3.63, 3.8) is 0 Å². The zero-order valence-electron chi connectivity index (χ0n) is 19.5. The second kappa shape index (κ2) is 10.5. The third-order valence-electron chi connectivity index (χ3n) is 5.05. The Kier molecular flexibility index (Phi) is 7.39. The quantitative estimate of drug-likeness (QED) is 0.259. The molecule has 0 saturated carbocycles. The van der Waals surface area contributed by atoms with Crippen LogP contribution in [-0.2, 0) is 7.05 Å². The molecule has 2 N–H and O–H groups in total. The predicted octanol–water partition coefficient (Wildman–Crippen LogP) is 4.26. The Balaban J connectivity index is 1.63. The summed E-state index contributed by atoms with van der Waals surface area (Å²) >= 11 is 2.09. The normalized spacial score (nSPS) is 13.0. The first kappa shape index (κ1) is 24.0. The van der Waals surface area contributed by atoms with Gasteiger partial charge in [-0.05, 0) is 30.8 Å². The summed E-state index contributed by atoms with van der Waals surface area (Å²) in [6, 6.07) is 5.43. The number of halogens is 1. The molecule has 4 heterocycles. The van der Waals surface area contributed by atoms with E-state index in [0.717, 1.165) is 39.2 Å². The molecule has 0 aliphatic carbocycles. The Bertz CT molecular complexity index is 1300. The van der Waals surface area contributed by atoms with Crippen LogP contribution in [0.3, 0.4) is 0 Å². The summed E-state index contributed by atoms with van der Waals surface area (Å²) in [5, 5.41) is 20.2. The maximum Gasteiger partial charge on any atom is 0.248 e. The Morgan fingerprint density at radius 1 is 1.21 bits per heavy atom. The highest BCUT2D eigenvalue weighted by molar-refractivity contribution is 8.00. The van der Waals surface area contributed by atoms with Crippen LogP contribution in [0.1, 0.15) is 41.9 Å². The van der Waals surface area contributed by atoms with Gasteiger partial charge < -0.3 is 10.6 Å². The Labute approximate surface area is 205 Å². The molecule has 0 amide bonds. The molecule has 0 aliphatic rings. The highest BCUT2D eigenvalue weighted by Gasteiger charge is 2.20. The number of likely N-dealkylation sites (N-methyl/N-ethyl adjacent to an activating group) is 1. The number of hydrogen-bond donors (Lipinski definition) is 2. The molecule has 1 atom stereocenters. The maximum absolute atomic E-state index is 14.8. The number of pyridine rings is 2. The average molecular weight is 500 g/mol. The summed E-state index contributed by atoms with van der Waals surface area (Å²) in [6.45, 7) is 4.00. The van der Waals surface area contributed by atoms with Gasteiger partial charge >= 0.3 is 0 Å². The van der Waals surface area contributed by atoms with E-state index in [1.165, 1.54) is 11.3 Å². The van der Waals surface area contributed by atoms with Gasteiger partial charge in [-0.25, -0.2) is 4.98 Å². The number of rotatable bonds is 9. The highest BCUT2D eigenvalue weighted by Crippen LogP contribution is 2.34. The van der Waals surface area contributed by atoms with Gasteiger partial charge in [-0.2, -0.15) is 5.10 Å². The minimum atomic E-state index is -0.105.